The summed E-state index contributed by atoms with van der Waals surface area (Å²) in [4.78, 5) is 4.66. The number of hydrogen-bond acceptors (Lipinski definition) is 3. The normalized spacial score (nSPS) is 11.3. The predicted molar refractivity (Wildman–Crippen MR) is 86.7 cm³/mol. The maximum absolute atomic E-state index is 4.66. The van der Waals surface area contributed by atoms with Gasteiger partial charge in [-0.15, -0.1) is 0 Å². The van der Waals surface area contributed by atoms with Crippen LogP contribution in [0, 0.1) is 13.8 Å². The van der Waals surface area contributed by atoms with Crippen LogP contribution in [-0.2, 0) is 0 Å². The van der Waals surface area contributed by atoms with Crippen LogP contribution in [-0.4, -0.2) is 20.6 Å². The summed E-state index contributed by atoms with van der Waals surface area (Å²) in [5, 5.41) is 7.93. The molecule has 0 saturated carbocycles. The Kier molecular flexibility index (Phi) is 3.37. The van der Waals surface area contributed by atoms with Crippen molar-refractivity contribution in [1.29, 1.82) is 0 Å². The Balaban J connectivity index is 2.17. The summed E-state index contributed by atoms with van der Waals surface area (Å²) >= 11 is 0. The molecule has 0 aliphatic heterocycles. The minimum absolute atomic E-state index is 0.349. The van der Waals surface area contributed by atoms with E-state index in [9.17, 15) is 0 Å². The van der Waals surface area contributed by atoms with E-state index in [1.165, 1.54) is 5.56 Å². The largest absolute Gasteiger partial charge is 0.368 e. The van der Waals surface area contributed by atoms with Crippen molar-refractivity contribution in [3.05, 3.63) is 47.8 Å². The number of aryl methyl sites for hydroxylation is 2. The van der Waals surface area contributed by atoms with Gasteiger partial charge >= 0.3 is 0 Å². The number of benzene rings is 1. The Bertz CT molecular complexity index is 769. The fourth-order valence-corrected chi connectivity index (χ4v) is 2.42. The highest BCUT2D eigenvalue weighted by Gasteiger charge is 2.12. The maximum Gasteiger partial charge on any atom is 0.165 e. The van der Waals surface area contributed by atoms with E-state index in [1.54, 1.807) is 0 Å². The van der Waals surface area contributed by atoms with Gasteiger partial charge < -0.3 is 5.32 Å². The molecule has 0 bridgehead atoms. The summed E-state index contributed by atoms with van der Waals surface area (Å²) in [7, 11) is 0. The van der Waals surface area contributed by atoms with Crippen LogP contribution < -0.4 is 5.32 Å². The monoisotopic (exact) mass is 280 g/mol. The van der Waals surface area contributed by atoms with Crippen molar-refractivity contribution in [2.45, 2.75) is 33.7 Å². The van der Waals surface area contributed by atoms with E-state index in [2.05, 4.69) is 60.4 Å². The SMILES string of the molecule is Cc1ccc(-c2cnn3c(NC(C)C)cc(C)nc23)cc1. The van der Waals surface area contributed by atoms with Crippen molar-refractivity contribution < 1.29 is 0 Å². The van der Waals surface area contributed by atoms with Gasteiger partial charge in [-0.25, -0.2) is 4.98 Å². The fourth-order valence-electron chi connectivity index (χ4n) is 2.42. The van der Waals surface area contributed by atoms with Crippen molar-refractivity contribution >= 4 is 11.5 Å². The summed E-state index contributed by atoms with van der Waals surface area (Å²) in [5.74, 6) is 0.978. The zero-order valence-corrected chi connectivity index (χ0v) is 12.9. The number of nitrogens with one attached hydrogen (secondary N) is 1. The Morgan fingerprint density at radius 2 is 1.81 bits per heavy atom. The predicted octanol–water partition coefficient (Wildman–Crippen LogP) is 3.83. The molecule has 4 nitrogen and oxygen atoms in total. The number of fused-ring (bicyclic) bond motifs is 1. The highest BCUT2D eigenvalue weighted by Crippen LogP contribution is 2.26. The first-order valence-corrected chi connectivity index (χ1v) is 7.23. The first-order valence-electron chi connectivity index (χ1n) is 7.23. The van der Waals surface area contributed by atoms with E-state index in [0.717, 1.165) is 28.3 Å². The molecule has 3 aromatic rings. The molecular formula is C17H20N4. The molecule has 21 heavy (non-hydrogen) atoms. The summed E-state index contributed by atoms with van der Waals surface area (Å²) in [6.07, 6.45) is 1.89. The molecule has 0 atom stereocenters. The number of nitrogens with zero attached hydrogens (tertiary/aromatic N) is 3. The van der Waals surface area contributed by atoms with E-state index in [4.69, 9.17) is 0 Å². The average Bonchev–Trinajstić information content (AvgIpc) is 2.83. The molecule has 0 spiro atoms. The van der Waals surface area contributed by atoms with Crippen LogP contribution in [0.2, 0.25) is 0 Å². The third-order valence-corrected chi connectivity index (χ3v) is 3.40. The second-order valence-corrected chi connectivity index (χ2v) is 5.74. The van der Waals surface area contributed by atoms with Gasteiger partial charge in [0.05, 0.1) is 6.20 Å². The molecule has 4 heteroatoms. The molecule has 0 radical (unpaired) electrons. The lowest BCUT2D eigenvalue weighted by Gasteiger charge is -2.12. The summed E-state index contributed by atoms with van der Waals surface area (Å²) in [6, 6.07) is 10.8. The highest BCUT2D eigenvalue weighted by atomic mass is 15.3. The van der Waals surface area contributed by atoms with Crippen molar-refractivity contribution in [3.8, 4) is 11.1 Å². The van der Waals surface area contributed by atoms with Gasteiger partial charge in [-0.2, -0.15) is 9.61 Å². The Morgan fingerprint density at radius 1 is 1.10 bits per heavy atom. The molecule has 0 saturated heterocycles. The Hall–Kier alpha value is -2.36. The molecule has 2 aromatic heterocycles. The quantitative estimate of drug-likeness (QED) is 0.792. The van der Waals surface area contributed by atoms with E-state index in [0.29, 0.717) is 6.04 Å². The molecule has 0 amide bonds. The van der Waals surface area contributed by atoms with Gasteiger partial charge in [0.15, 0.2) is 5.65 Å². The molecule has 108 valence electrons. The van der Waals surface area contributed by atoms with Crippen LogP contribution in [0.4, 0.5) is 5.82 Å². The minimum atomic E-state index is 0.349. The van der Waals surface area contributed by atoms with Crippen molar-refractivity contribution in [2.24, 2.45) is 0 Å². The highest BCUT2D eigenvalue weighted by molar-refractivity contribution is 5.78. The van der Waals surface area contributed by atoms with Gasteiger partial charge in [0, 0.05) is 23.4 Å². The summed E-state index contributed by atoms with van der Waals surface area (Å²) in [5.41, 5.74) is 5.33. The van der Waals surface area contributed by atoms with Gasteiger partial charge in [-0.05, 0) is 33.3 Å². The molecule has 0 fully saturated rings. The lowest BCUT2D eigenvalue weighted by Crippen LogP contribution is -2.14. The van der Waals surface area contributed by atoms with Crippen LogP contribution >= 0.6 is 0 Å². The van der Waals surface area contributed by atoms with Crippen LogP contribution in [0.15, 0.2) is 36.5 Å². The van der Waals surface area contributed by atoms with Crippen LogP contribution in [0.5, 0.6) is 0 Å². The molecule has 3 rings (SSSR count). The van der Waals surface area contributed by atoms with E-state index < -0.39 is 0 Å². The second kappa shape index (κ2) is 5.20. The fraction of sp³-hybridized carbons (Fsp3) is 0.294. The smallest absolute Gasteiger partial charge is 0.165 e. The van der Waals surface area contributed by atoms with Gasteiger partial charge in [0.1, 0.15) is 5.82 Å². The maximum atomic E-state index is 4.66. The Morgan fingerprint density at radius 3 is 2.48 bits per heavy atom. The molecule has 0 unspecified atom stereocenters. The molecule has 1 N–H and O–H groups in total. The topological polar surface area (TPSA) is 42.2 Å². The third-order valence-electron chi connectivity index (χ3n) is 3.40. The van der Waals surface area contributed by atoms with Gasteiger partial charge in [0.25, 0.3) is 0 Å². The lowest BCUT2D eigenvalue weighted by atomic mass is 10.1. The van der Waals surface area contributed by atoms with Gasteiger partial charge in [-0.1, -0.05) is 29.8 Å². The standard InChI is InChI=1S/C17H20N4/c1-11(2)19-16-9-13(4)20-17-15(10-18-21(16)17)14-7-5-12(3)6-8-14/h5-11,19H,1-4H3. The van der Waals surface area contributed by atoms with Crippen molar-refractivity contribution in [3.63, 3.8) is 0 Å². The van der Waals surface area contributed by atoms with Gasteiger partial charge in [0.2, 0.25) is 0 Å². The summed E-state index contributed by atoms with van der Waals surface area (Å²) < 4.78 is 1.88. The number of rotatable bonds is 3. The van der Waals surface area contributed by atoms with E-state index in [-0.39, 0.29) is 0 Å². The molecule has 0 aliphatic rings. The molecule has 2 heterocycles. The van der Waals surface area contributed by atoms with Gasteiger partial charge in [-0.3, -0.25) is 0 Å². The van der Waals surface area contributed by atoms with Crippen molar-refractivity contribution in [2.75, 3.05) is 5.32 Å². The number of anilines is 1. The third kappa shape index (κ3) is 2.61. The minimum Gasteiger partial charge on any atom is -0.368 e. The lowest BCUT2D eigenvalue weighted by molar-refractivity contribution is 0.848. The van der Waals surface area contributed by atoms with Crippen LogP contribution in [0.3, 0.4) is 0 Å². The molecule has 0 aliphatic carbocycles. The molecule has 1 aromatic carbocycles. The Labute approximate surface area is 124 Å². The first kappa shape index (κ1) is 13.6. The second-order valence-electron chi connectivity index (χ2n) is 5.74. The zero-order valence-electron chi connectivity index (χ0n) is 12.9. The average molecular weight is 280 g/mol. The van der Waals surface area contributed by atoms with E-state index in [1.807, 2.05) is 23.7 Å². The van der Waals surface area contributed by atoms with E-state index >= 15 is 0 Å². The van der Waals surface area contributed by atoms with Crippen LogP contribution in [0.25, 0.3) is 16.8 Å². The zero-order chi connectivity index (χ0) is 15.0. The summed E-state index contributed by atoms with van der Waals surface area (Å²) in [6.45, 7) is 8.34. The van der Waals surface area contributed by atoms with Crippen LogP contribution in [0.1, 0.15) is 25.1 Å². The number of hydrogen-bond donors (Lipinski definition) is 1. The number of aromatic nitrogens is 3. The molecular weight excluding hydrogens is 260 g/mol. The first-order chi connectivity index (χ1) is 10.0. The van der Waals surface area contributed by atoms with Crippen molar-refractivity contribution in [1.82, 2.24) is 14.6 Å².